The molecule has 0 saturated carbocycles. The smallest absolute Gasteiger partial charge is 0.205 e. The van der Waals surface area contributed by atoms with Crippen LogP contribution < -0.4 is 5.73 Å². The van der Waals surface area contributed by atoms with E-state index in [1.165, 1.54) is 10.8 Å². The highest BCUT2D eigenvalue weighted by molar-refractivity contribution is 5.94. The lowest BCUT2D eigenvalue weighted by Crippen LogP contribution is -2.01. The first-order valence-electron chi connectivity index (χ1n) is 6.97. The lowest BCUT2D eigenvalue weighted by Gasteiger charge is -2.10. The molecular formula is C18H15N3. The minimum atomic E-state index is 0.524. The van der Waals surface area contributed by atoms with Crippen LogP contribution in [0.3, 0.4) is 0 Å². The molecule has 0 fully saturated rings. The zero-order valence-electron chi connectivity index (χ0n) is 11.7. The number of para-hydroxylation sites is 1. The number of hydrogen-bond donors (Lipinski definition) is 1. The Balaban J connectivity index is 2.14. The minimum Gasteiger partial charge on any atom is -0.369 e. The number of rotatable bonds is 1. The standard InChI is InChI=1S/C18H15N3/c1-12-6-4-11-16-17(12)20-18(19)21(16)15-10-5-8-13-7-2-3-9-14(13)15/h2-11H,1H3,(H2,19,20). The molecule has 2 N–H and O–H groups in total. The third kappa shape index (κ3) is 1.71. The lowest BCUT2D eigenvalue weighted by molar-refractivity contribution is 1.12. The van der Waals surface area contributed by atoms with Crippen LogP contribution in [0.1, 0.15) is 5.56 Å². The normalized spacial score (nSPS) is 11.3. The van der Waals surface area contributed by atoms with E-state index in [9.17, 15) is 0 Å². The monoisotopic (exact) mass is 273 g/mol. The van der Waals surface area contributed by atoms with Crippen LogP contribution in [0.15, 0.2) is 60.7 Å². The van der Waals surface area contributed by atoms with Gasteiger partial charge in [-0.25, -0.2) is 4.98 Å². The van der Waals surface area contributed by atoms with E-state index in [0.717, 1.165) is 22.3 Å². The molecule has 0 aliphatic rings. The maximum atomic E-state index is 6.20. The summed E-state index contributed by atoms with van der Waals surface area (Å²) in [6, 6.07) is 20.7. The molecule has 1 heterocycles. The topological polar surface area (TPSA) is 43.8 Å². The zero-order valence-corrected chi connectivity index (χ0v) is 11.7. The van der Waals surface area contributed by atoms with E-state index >= 15 is 0 Å². The maximum Gasteiger partial charge on any atom is 0.205 e. The molecule has 0 radical (unpaired) electrons. The summed E-state index contributed by atoms with van der Waals surface area (Å²) in [5.74, 6) is 0.524. The van der Waals surface area contributed by atoms with Crippen molar-refractivity contribution in [1.82, 2.24) is 9.55 Å². The number of fused-ring (bicyclic) bond motifs is 2. The fraction of sp³-hybridized carbons (Fsp3) is 0.0556. The number of hydrogen-bond acceptors (Lipinski definition) is 2. The molecule has 1 aromatic heterocycles. The fourth-order valence-corrected chi connectivity index (χ4v) is 2.91. The number of imidazole rings is 1. The van der Waals surface area contributed by atoms with Crippen LogP contribution in [0.2, 0.25) is 0 Å². The molecule has 0 aliphatic heterocycles. The number of nitrogen functional groups attached to an aromatic ring is 1. The number of benzene rings is 3. The van der Waals surface area contributed by atoms with Gasteiger partial charge in [0.1, 0.15) is 0 Å². The maximum absolute atomic E-state index is 6.20. The van der Waals surface area contributed by atoms with Gasteiger partial charge in [0, 0.05) is 5.39 Å². The van der Waals surface area contributed by atoms with Crippen molar-refractivity contribution in [2.24, 2.45) is 0 Å². The van der Waals surface area contributed by atoms with Crippen LogP contribution in [0.4, 0.5) is 5.95 Å². The van der Waals surface area contributed by atoms with Gasteiger partial charge < -0.3 is 5.73 Å². The number of nitrogens with zero attached hydrogens (tertiary/aromatic N) is 2. The van der Waals surface area contributed by atoms with Crippen LogP contribution >= 0.6 is 0 Å². The van der Waals surface area contributed by atoms with Crippen molar-refractivity contribution in [2.75, 3.05) is 5.73 Å². The summed E-state index contributed by atoms with van der Waals surface area (Å²) in [5.41, 5.74) is 10.4. The van der Waals surface area contributed by atoms with Crippen molar-refractivity contribution in [2.45, 2.75) is 6.92 Å². The predicted molar refractivity (Wildman–Crippen MR) is 87.7 cm³/mol. The Labute approximate surface area is 122 Å². The molecule has 0 atom stereocenters. The molecule has 3 aromatic carbocycles. The first kappa shape index (κ1) is 12.0. The van der Waals surface area contributed by atoms with E-state index in [-0.39, 0.29) is 0 Å². The van der Waals surface area contributed by atoms with E-state index in [1.807, 2.05) is 22.8 Å². The zero-order chi connectivity index (χ0) is 14.4. The molecule has 102 valence electrons. The Morgan fingerprint density at radius 1 is 0.905 bits per heavy atom. The second-order valence-corrected chi connectivity index (χ2v) is 5.25. The van der Waals surface area contributed by atoms with Gasteiger partial charge in [-0.2, -0.15) is 0 Å². The number of aryl methyl sites for hydroxylation is 1. The summed E-state index contributed by atoms with van der Waals surface area (Å²) < 4.78 is 2.03. The molecular weight excluding hydrogens is 258 g/mol. The third-order valence-corrected chi connectivity index (χ3v) is 3.92. The summed E-state index contributed by atoms with van der Waals surface area (Å²) >= 11 is 0. The van der Waals surface area contributed by atoms with Crippen molar-refractivity contribution in [3.05, 3.63) is 66.2 Å². The van der Waals surface area contributed by atoms with Gasteiger partial charge >= 0.3 is 0 Å². The summed E-state index contributed by atoms with van der Waals surface area (Å²) in [5, 5.41) is 2.37. The second kappa shape index (κ2) is 4.35. The highest BCUT2D eigenvalue weighted by Gasteiger charge is 2.13. The fourth-order valence-electron chi connectivity index (χ4n) is 2.91. The largest absolute Gasteiger partial charge is 0.369 e. The molecule has 0 bridgehead atoms. The van der Waals surface area contributed by atoms with Gasteiger partial charge in [-0.3, -0.25) is 4.57 Å². The van der Waals surface area contributed by atoms with Gasteiger partial charge in [0.2, 0.25) is 5.95 Å². The Morgan fingerprint density at radius 2 is 1.67 bits per heavy atom. The molecule has 0 aliphatic carbocycles. The molecule has 21 heavy (non-hydrogen) atoms. The van der Waals surface area contributed by atoms with Gasteiger partial charge in [-0.1, -0.05) is 48.5 Å². The van der Waals surface area contributed by atoms with Gasteiger partial charge in [-0.05, 0) is 30.0 Å². The van der Waals surface area contributed by atoms with Crippen LogP contribution in [0.5, 0.6) is 0 Å². The SMILES string of the molecule is Cc1cccc2c1nc(N)n2-c1cccc2ccccc12. The quantitative estimate of drug-likeness (QED) is 0.568. The van der Waals surface area contributed by atoms with Gasteiger partial charge in [-0.15, -0.1) is 0 Å². The van der Waals surface area contributed by atoms with Crippen molar-refractivity contribution in [3.63, 3.8) is 0 Å². The number of aromatic nitrogens is 2. The van der Waals surface area contributed by atoms with Crippen molar-refractivity contribution in [1.29, 1.82) is 0 Å². The Morgan fingerprint density at radius 3 is 2.57 bits per heavy atom. The molecule has 0 unspecified atom stereocenters. The molecule has 0 saturated heterocycles. The Bertz CT molecular complexity index is 961. The highest BCUT2D eigenvalue weighted by atomic mass is 15.2. The molecule has 4 aromatic rings. The van der Waals surface area contributed by atoms with Crippen LogP contribution in [-0.2, 0) is 0 Å². The van der Waals surface area contributed by atoms with Crippen LogP contribution in [-0.4, -0.2) is 9.55 Å². The van der Waals surface area contributed by atoms with E-state index in [1.54, 1.807) is 0 Å². The van der Waals surface area contributed by atoms with Gasteiger partial charge in [0.15, 0.2) is 0 Å². The summed E-state index contributed by atoms with van der Waals surface area (Å²) in [6.07, 6.45) is 0. The average molecular weight is 273 g/mol. The molecule has 0 amide bonds. The Kier molecular flexibility index (Phi) is 2.48. The summed E-state index contributed by atoms with van der Waals surface area (Å²) in [4.78, 5) is 4.54. The predicted octanol–water partition coefficient (Wildman–Crippen LogP) is 4.07. The first-order valence-corrected chi connectivity index (χ1v) is 6.97. The molecule has 3 heteroatoms. The first-order chi connectivity index (χ1) is 10.3. The third-order valence-electron chi connectivity index (χ3n) is 3.92. The Hall–Kier alpha value is -2.81. The van der Waals surface area contributed by atoms with E-state index in [0.29, 0.717) is 5.95 Å². The van der Waals surface area contributed by atoms with E-state index in [2.05, 4.69) is 54.4 Å². The van der Waals surface area contributed by atoms with E-state index in [4.69, 9.17) is 5.73 Å². The average Bonchev–Trinajstić information content (AvgIpc) is 2.84. The van der Waals surface area contributed by atoms with Crippen molar-refractivity contribution in [3.8, 4) is 5.69 Å². The van der Waals surface area contributed by atoms with Crippen molar-refractivity contribution >= 4 is 27.8 Å². The number of nitrogens with two attached hydrogens (primary N) is 1. The van der Waals surface area contributed by atoms with Crippen LogP contribution in [0.25, 0.3) is 27.5 Å². The van der Waals surface area contributed by atoms with Crippen LogP contribution in [0, 0.1) is 6.92 Å². The second-order valence-electron chi connectivity index (χ2n) is 5.25. The van der Waals surface area contributed by atoms with Gasteiger partial charge in [0.25, 0.3) is 0 Å². The lowest BCUT2D eigenvalue weighted by atomic mass is 10.1. The summed E-state index contributed by atoms with van der Waals surface area (Å²) in [6.45, 7) is 2.06. The van der Waals surface area contributed by atoms with Gasteiger partial charge in [0.05, 0.1) is 16.7 Å². The molecule has 4 rings (SSSR count). The number of anilines is 1. The van der Waals surface area contributed by atoms with Crippen molar-refractivity contribution < 1.29 is 0 Å². The summed E-state index contributed by atoms with van der Waals surface area (Å²) in [7, 11) is 0. The molecule has 0 spiro atoms. The highest BCUT2D eigenvalue weighted by Crippen LogP contribution is 2.29. The minimum absolute atomic E-state index is 0.524. The molecule has 3 nitrogen and oxygen atoms in total. The van der Waals surface area contributed by atoms with E-state index < -0.39 is 0 Å².